The average molecular weight is 179 g/mol. The number of halogens is 1. The van der Waals surface area contributed by atoms with E-state index in [0.717, 1.165) is 5.56 Å². The molecule has 70 valence electrons. The zero-order chi connectivity index (χ0) is 9.84. The van der Waals surface area contributed by atoms with Gasteiger partial charge in [0.1, 0.15) is 5.82 Å². The average Bonchev–Trinajstić information content (AvgIpc) is 2.17. The molecule has 2 heteroatoms. The number of rotatable bonds is 3. The van der Waals surface area contributed by atoms with E-state index in [0.29, 0.717) is 5.56 Å². The molecule has 1 unspecified atom stereocenters. The van der Waals surface area contributed by atoms with E-state index in [-0.39, 0.29) is 11.9 Å². The second-order valence-electron chi connectivity index (χ2n) is 3.00. The van der Waals surface area contributed by atoms with Crippen LogP contribution in [0.4, 0.5) is 4.39 Å². The van der Waals surface area contributed by atoms with Crippen LogP contribution in [0.15, 0.2) is 24.8 Å². The van der Waals surface area contributed by atoms with Crippen molar-refractivity contribution in [2.45, 2.75) is 13.0 Å². The summed E-state index contributed by atoms with van der Waals surface area (Å²) in [5.74, 6) is -0.220. The van der Waals surface area contributed by atoms with E-state index in [1.807, 2.05) is 20.0 Å². The van der Waals surface area contributed by atoms with Gasteiger partial charge in [-0.25, -0.2) is 4.39 Å². The summed E-state index contributed by atoms with van der Waals surface area (Å²) >= 11 is 0. The molecule has 0 aliphatic carbocycles. The van der Waals surface area contributed by atoms with Crippen LogP contribution in [0.2, 0.25) is 0 Å². The largest absolute Gasteiger partial charge is 0.313 e. The maximum absolute atomic E-state index is 13.0. The van der Waals surface area contributed by atoms with Crippen molar-refractivity contribution in [3.63, 3.8) is 0 Å². The van der Waals surface area contributed by atoms with E-state index in [4.69, 9.17) is 0 Å². The maximum Gasteiger partial charge on any atom is 0.130 e. The zero-order valence-electron chi connectivity index (χ0n) is 7.97. The molecule has 1 rings (SSSR count). The lowest BCUT2D eigenvalue weighted by atomic mass is 10.0. The Balaban J connectivity index is 3.05. The molecule has 1 atom stereocenters. The first-order chi connectivity index (χ1) is 6.19. The Hall–Kier alpha value is -1.15. The molecule has 1 aromatic carbocycles. The summed E-state index contributed by atoms with van der Waals surface area (Å²) in [5, 5.41) is 3.10. The summed E-state index contributed by atoms with van der Waals surface area (Å²) in [6, 6.07) is 5.30. The van der Waals surface area contributed by atoms with Crippen LogP contribution < -0.4 is 5.32 Å². The highest BCUT2D eigenvalue weighted by Crippen LogP contribution is 2.17. The highest BCUT2D eigenvalue weighted by atomic mass is 19.1. The first-order valence-corrected chi connectivity index (χ1v) is 4.28. The highest BCUT2D eigenvalue weighted by Gasteiger charge is 2.04. The van der Waals surface area contributed by atoms with E-state index in [1.54, 1.807) is 6.07 Å². The molecule has 0 fully saturated rings. The Morgan fingerprint density at radius 3 is 2.77 bits per heavy atom. The van der Waals surface area contributed by atoms with Crippen LogP contribution in [-0.2, 0) is 0 Å². The van der Waals surface area contributed by atoms with Crippen molar-refractivity contribution >= 4 is 6.08 Å². The molecule has 0 bridgehead atoms. The van der Waals surface area contributed by atoms with Crippen LogP contribution in [-0.4, -0.2) is 7.05 Å². The SMILES string of the molecule is C=Cc1cc(C(C)NC)ccc1F. The molecule has 0 aliphatic heterocycles. The van der Waals surface area contributed by atoms with E-state index < -0.39 is 0 Å². The summed E-state index contributed by atoms with van der Waals surface area (Å²) in [4.78, 5) is 0. The van der Waals surface area contributed by atoms with Crippen LogP contribution in [0.1, 0.15) is 24.1 Å². The van der Waals surface area contributed by atoms with Gasteiger partial charge in [0, 0.05) is 11.6 Å². The van der Waals surface area contributed by atoms with Crippen LogP contribution in [0.25, 0.3) is 6.08 Å². The molecule has 1 aromatic rings. The quantitative estimate of drug-likeness (QED) is 0.752. The number of hydrogen-bond acceptors (Lipinski definition) is 1. The Bertz CT molecular complexity index is 307. The minimum absolute atomic E-state index is 0.220. The Kier molecular flexibility index (Phi) is 3.20. The van der Waals surface area contributed by atoms with E-state index in [9.17, 15) is 4.39 Å². The molecule has 0 radical (unpaired) electrons. The minimum atomic E-state index is -0.220. The van der Waals surface area contributed by atoms with Gasteiger partial charge in [0.05, 0.1) is 0 Å². The van der Waals surface area contributed by atoms with E-state index in [2.05, 4.69) is 11.9 Å². The van der Waals surface area contributed by atoms with Gasteiger partial charge in [0.25, 0.3) is 0 Å². The van der Waals surface area contributed by atoms with Gasteiger partial charge in [-0.15, -0.1) is 0 Å². The van der Waals surface area contributed by atoms with E-state index in [1.165, 1.54) is 12.1 Å². The molecule has 0 aromatic heterocycles. The van der Waals surface area contributed by atoms with Crippen molar-refractivity contribution in [2.75, 3.05) is 7.05 Å². The Morgan fingerprint density at radius 1 is 1.54 bits per heavy atom. The fourth-order valence-corrected chi connectivity index (χ4v) is 1.15. The Labute approximate surface area is 78.3 Å². The van der Waals surface area contributed by atoms with Gasteiger partial charge in [-0.3, -0.25) is 0 Å². The van der Waals surface area contributed by atoms with Gasteiger partial charge in [0.2, 0.25) is 0 Å². The van der Waals surface area contributed by atoms with Crippen LogP contribution in [0.3, 0.4) is 0 Å². The fourth-order valence-electron chi connectivity index (χ4n) is 1.15. The summed E-state index contributed by atoms with van der Waals surface area (Å²) in [7, 11) is 1.88. The summed E-state index contributed by atoms with van der Waals surface area (Å²) < 4.78 is 13.0. The smallest absolute Gasteiger partial charge is 0.130 e. The van der Waals surface area contributed by atoms with Gasteiger partial charge < -0.3 is 5.32 Å². The molecular weight excluding hydrogens is 165 g/mol. The fraction of sp³-hybridized carbons (Fsp3) is 0.273. The topological polar surface area (TPSA) is 12.0 Å². The molecule has 0 saturated carbocycles. The van der Waals surface area contributed by atoms with Gasteiger partial charge in [-0.1, -0.05) is 18.7 Å². The standard InChI is InChI=1S/C11H14FN/c1-4-9-7-10(8(2)13-3)5-6-11(9)12/h4-8,13H,1H2,2-3H3. The van der Waals surface area contributed by atoms with Crippen molar-refractivity contribution in [2.24, 2.45) is 0 Å². The molecule has 0 heterocycles. The van der Waals surface area contributed by atoms with Crippen LogP contribution in [0, 0.1) is 5.82 Å². The number of benzene rings is 1. The van der Waals surface area contributed by atoms with Gasteiger partial charge in [-0.05, 0) is 31.7 Å². The lowest BCUT2D eigenvalue weighted by molar-refractivity contribution is 0.616. The van der Waals surface area contributed by atoms with Crippen molar-refractivity contribution in [1.29, 1.82) is 0 Å². The molecule has 0 aliphatic rings. The minimum Gasteiger partial charge on any atom is -0.313 e. The van der Waals surface area contributed by atoms with Crippen LogP contribution in [0.5, 0.6) is 0 Å². The third kappa shape index (κ3) is 2.16. The molecule has 0 amide bonds. The highest BCUT2D eigenvalue weighted by molar-refractivity contribution is 5.49. The third-order valence-corrected chi connectivity index (χ3v) is 2.17. The first kappa shape index (κ1) is 9.93. The second kappa shape index (κ2) is 4.19. The first-order valence-electron chi connectivity index (χ1n) is 4.28. The van der Waals surface area contributed by atoms with Gasteiger partial charge in [0.15, 0.2) is 0 Å². The lowest BCUT2D eigenvalue weighted by Gasteiger charge is -2.11. The van der Waals surface area contributed by atoms with Crippen molar-refractivity contribution in [3.8, 4) is 0 Å². The van der Waals surface area contributed by atoms with Gasteiger partial charge >= 0.3 is 0 Å². The number of hydrogen-bond donors (Lipinski definition) is 1. The van der Waals surface area contributed by atoms with Crippen molar-refractivity contribution in [3.05, 3.63) is 41.7 Å². The summed E-state index contributed by atoms with van der Waals surface area (Å²) in [6.45, 7) is 5.59. The zero-order valence-corrected chi connectivity index (χ0v) is 7.97. The van der Waals surface area contributed by atoms with E-state index >= 15 is 0 Å². The molecule has 1 N–H and O–H groups in total. The summed E-state index contributed by atoms with van der Waals surface area (Å²) in [5.41, 5.74) is 1.62. The Morgan fingerprint density at radius 2 is 2.23 bits per heavy atom. The second-order valence-corrected chi connectivity index (χ2v) is 3.00. The van der Waals surface area contributed by atoms with Crippen LogP contribution >= 0.6 is 0 Å². The maximum atomic E-state index is 13.0. The summed E-state index contributed by atoms with van der Waals surface area (Å²) in [6.07, 6.45) is 1.53. The molecule has 0 saturated heterocycles. The predicted molar refractivity (Wildman–Crippen MR) is 54.0 cm³/mol. The lowest BCUT2D eigenvalue weighted by Crippen LogP contribution is -2.12. The number of nitrogens with one attached hydrogen (secondary N) is 1. The molecule has 13 heavy (non-hydrogen) atoms. The van der Waals surface area contributed by atoms with Crippen molar-refractivity contribution < 1.29 is 4.39 Å². The van der Waals surface area contributed by atoms with Crippen molar-refractivity contribution in [1.82, 2.24) is 5.32 Å². The predicted octanol–water partition coefficient (Wildman–Crippen LogP) is 2.75. The normalized spacial score (nSPS) is 12.5. The molecular formula is C11H14FN. The monoisotopic (exact) mass is 179 g/mol. The molecule has 1 nitrogen and oxygen atoms in total. The van der Waals surface area contributed by atoms with Gasteiger partial charge in [-0.2, -0.15) is 0 Å². The molecule has 0 spiro atoms. The third-order valence-electron chi connectivity index (χ3n) is 2.17.